The van der Waals surface area contributed by atoms with Crippen molar-refractivity contribution >= 4 is 5.69 Å². The highest BCUT2D eigenvalue weighted by Crippen LogP contribution is 2.32. The van der Waals surface area contributed by atoms with Gasteiger partial charge in [-0.05, 0) is 37.1 Å². The molecule has 162 valence electrons. The standard InChI is InChI=1S/C20H23F4N5O/c1-12(2)19-16(10-25-29(19)15-6-4-14(21)5-7-15)27-18(8-9-30)28-11-17(20(22,23)24)26-13(28)3/h4-7,10-12,18,27,30H,8-9H2,1-3H3. The molecule has 0 spiro atoms. The van der Waals surface area contributed by atoms with Gasteiger partial charge in [-0.2, -0.15) is 18.3 Å². The number of rotatable bonds is 7. The van der Waals surface area contributed by atoms with Gasteiger partial charge in [0.25, 0.3) is 0 Å². The molecule has 0 bridgehead atoms. The number of benzene rings is 1. The first kappa shape index (κ1) is 21.8. The first-order chi connectivity index (χ1) is 14.1. The van der Waals surface area contributed by atoms with Gasteiger partial charge in [0, 0.05) is 19.2 Å². The Labute approximate surface area is 171 Å². The summed E-state index contributed by atoms with van der Waals surface area (Å²) in [6, 6.07) is 5.85. The van der Waals surface area contributed by atoms with Crippen molar-refractivity contribution in [1.29, 1.82) is 0 Å². The molecule has 0 aliphatic rings. The summed E-state index contributed by atoms with van der Waals surface area (Å²) >= 11 is 0. The zero-order valence-electron chi connectivity index (χ0n) is 16.8. The van der Waals surface area contributed by atoms with E-state index < -0.39 is 18.0 Å². The molecule has 3 aromatic rings. The van der Waals surface area contributed by atoms with E-state index in [1.54, 1.807) is 23.0 Å². The Morgan fingerprint density at radius 1 is 1.17 bits per heavy atom. The van der Waals surface area contributed by atoms with Crippen molar-refractivity contribution in [3.8, 4) is 5.69 Å². The number of nitrogens with one attached hydrogen (secondary N) is 1. The van der Waals surface area contributed by atoms with Gasteiger partial charge in [0.15, 0.2) is 5.69 Å². The van der Waals surface area contributed by atoms with Crippen molar-refractivity contribution in [3.63, 3.8) is 0 Å². The Morgan fingerprint density at radius 3 is 2.37 bits per heavy atom. The van der Waals surface area contributed by atoms with Crippen LogP contribution in [0.1, 0.15) is 49.6 Å². The number of aromatic nitrogens is 4. The molecule has 1 aromatic carbocycles. The highest BCUT2D eigenvalue weighted by Gasteiger charge is 2.35. The van der Waals surface area contributed by atoms with E-state index in [1.165, 1.54) is 23.6 Å². The van der Waals surface area contributed by atoms with Crippen molar-refractivity contribution in [2.75, 3.05) is 11.9 Å². The van der Waals surface area contributed by atoms with E-state index in [2.05, 4.69) is 15.4 Å². The number of aliphatic hydroxyl groups excluding tert-OH is 1. The Hall–Kier alpha value is -2.88. The fourth-order valence-electron chi connectivity index (χ4n) is 3.33. The average Bonchev–Trinajstić information content (AvgIpc) is 3.25. The number of anilines is 1. The predicted octanol–water partition coefficient (Wildman–Crippen LogP) is 4.65. The van der Waals surface area contributed by atoms with E-state index in [-0.39, 0.29) is 30.6 Å². The molecular formula is C20H23F4N5O. The molecule has 0 saturated heterocycles. The van der Waals surface area contributed by atoms with Gasteiger partial charge in [0.05, 0.1) is 23.3 Å². The first-order valence-electron chi connectivity index (χ1n) is 9.45. The Balaban J connectivity index is 1.98. The topological polar surface area (TPSA) is 67.9 Å². The van der Waals surface area contributed by atoms with E-state index in [0.717, 1.165) is 11.9 Å². The molecule has 2 N–H and O–H groups in total. The quantitative estimate of drug-likeness (QED) is 0.541. The van der Waals surface area contributed by atoms with E-state index >= 15 is 0 Å². The van der Waals surface area contributed by atoms with Crippen LogP contribution in [-0.2, 0) is 6.18 Å². The van der Waals surface area contributed by atoms with Crippen LogP contribution in [0.5, 0.6) is 0 Å². The number of imidazole rings is 1. The molecule has 0 aliphatic carbocycles. The second-order valence-corrected chi connectivity index (χ2v) is 7.24. The monoisotopic (exact) mass is 425 g/mol. The summed E-state index contributed by atoms with van der Waals surface area (Å²) in [5.74, 6) is -0.191. The van der Waals surface area contributed by atoms with Gasteiger partial charge in [-0.3, -0.25) is 0 Å². The third-order valence-electron chi connectivity index (χ3n) is 4.69. The maximum atomic E-state index is 13.3. The number of hydrogen-bond acceptors (Lipinski definition) is 4. The fraction of sp³-hybridized carbons (Fsp3) is 0.400. The maximum absolute atomic E-state index is 13.3. The lowest BCUT2D eigenvalue weighted by Crippen LogP contribution is -2.21. The van der Waals surface area contributed by atoms with Crippen molar-refractivity contribution in [2.24, 2.45) is 0 Å². The lowest BCUT2D eigenvalue weighted by atomic mass is 10.1. The zero-order valence-corrected chi connectivity index (χ0v) is 16.8. The number of nitrogens with zero attached hydrogens (tertiary/aromatic N) is 4. The molecule has 10 heteroatoms. The second-order valence-electron chi connectivity index (χ2n) is 7.24. The van der Waals surface area contributed by atoms with Crippen LogP contribution in [0.3, 0.4) is 0 Å². The van der Waals surface area contributed by atoms with Gasteiger partial charge in [0.2, 0.25) is 0 Å². The van der Waals surface area contributed by atoms with Gasteiger partial charge in [0.1, 0.15) is 17.8 Å². The summed E-state index contributed by atoms with van der Waals surface area (Å²) in [6.07, 6.45) is -2.56. The van der Waals surface area contributed by atoms with E-state index in [1.807, 2.05) is 13.8 Å². The van der Waals surface area contributed by atoms with Crippen molar-refractivity contribution < 1.29 is 22.7 Å². The normalized spacial score (nSPS) is 13.1. The maximum Gasteiger partial charge on any atom is 0.434 e. The summed E-state index contributed by atoms with van der Waals surface area (Å²) < 4.78 is 55.5. The minimum absolute atomic E-state index is 0.00412. The van der Waals surface area contributed by atoms with Gasteiger partial charge >= 0.3 is 6.18 Å². The molecule has 1 unspecified atom stereocenters. The average molecular weight is 425 g/mol. The van der Waals surface area contributed by atoms with Crippen LogP contribution >= 0.6 is 0 Å². The minimum Gasteiger partial charge on any atom is -0.396 e. The number of hydrogen-bond donors (Lipinski definition) is 2. The van der Waals surface area contributed by atoms with Crippen LogP contribution in [0.15, 0.2) is 36.7 Å². The van der Waals surface area contributed by atoms with E-state index in [9.17, 15) is 22.7 Å². The molecule has 0 saturated carbocycles. The third kappa shape index (κ3) is 4.48. The Morgan fingerprint density at radius 2 is 1.83 bits per heavy atom. The summed E-state index contributed by atoms with van der Waals surface area (Å²) in [6.45, 7) is 5.15. The van der Waals surface area contributed by atoms with E-state index in [4.69, 9.17) is 0 Å². The van der Waals surface area contributed by atoms with Gasteiger partial charge < -0.3 is 15.0 Å². The Kier molecular flexibility index (Phi) is 6.16. The van der Waals surface area contributed by atoms with Gasteiger partial charge in [-0.1, -0.05) is 13.8 Å². The molecule has 0 amide bonds. The molecule has 3 rings (SSSR count). The second kappa shape index (κ2) is 8.47. The molecule has 6 nitrogen and oxygen atoms in total. The lowest BCUT2D eigenvalue weighted by Gasteiger charge is -2.23. The van der Waals surface area contributed by atoms with Crippen LogP contribution in [-0.4, -0.2) is 31.0 Å². The van der Waals surface area contributed by atoms with Crippen LogP contribution < -0.4 is 5.32 Å². The largest absolute Gasteiger partial charge is 0.434 e. The lowest BCUT2D eigenvalue weighted by molar-refractivity contribution is -0.141. The highest BCUT2D eigenvalue weighted by molar-refractivity contribution is 5.52. The van der Waals surface area contributed by atoms with Crippen LogP contribution in [0, 0.1) is 12.7 Å². The van der Waals surface area contributed by atoms with E-state index in [0.29, 0.717) is 11.4 Å². The first-order valence-corrected chi connectivity index (χ1v) is 9.45. The SMILES string of the molecule is Cc1nc(C(F)(F)F)cn1C(CCO)Nc1cnn(-c2ccc(F)cc2)c1C(C)C. The number of alkyl halides is 3. The highest BCUT2D eigenvalue weighted by atomic mass is 19.4. The van der Waals surface area contributed by atoms with Crippen molar-refractivity contribution in [2.45, 2.75) is 45.5 Å². The van der Waals surface area contributed by atoms with Crippen LogP contribution in [0.2, 0.25) is 0 Å². The van der Waals surface area contributed by atoms with Gasteiger partial charge in [-0.25, -0.2) is 14.1 Å². The third-order valence-corrected chi connectivity index (χ3v) is 4.69. The van der Waals surface area contributed by atoms with Crippen LogP contribution in [0.4, 0.5) is 23.2 Å². The van der Waals surface area contributed by atoms with Crippen molar-refractivity contribution in [1.82, 2.24) is 19.3 Å². The smallest absolute Gasteiger partial charge is 0.396 e. The molecule has 0 fully saturated rings. The molecule has 2 aromatic heterocycles. The zero-order chi connectivity index (χ0) is 22.1. The molecule has 2 heterocycles. The molecule has 30 heavy (non-hydrogen) atoms. The molecule has 0 aliphatic heterocycles. The van der Waals surface area contributed by atoms with Gasteiger partial charge in [-0.15, -0.1) is 0 Å². The summed E-state index contributed by atoms with van der Waals surface area (Å²) in [7, 11) is 0. The predicted molar refractivity (Wildman–Crippen MR) is 104 cm³/mol. The summed E-state index contributed by atoms with van der Waals surface area (Å²) in [5, 5.41) is 17.0. The number of aryl methyl sites for hydroxylation is 1. The Bertz CT molecular complexity index is 992. The number of aliphatic hydroxyl groups is 1. The summed E-state index contributed by atoms with van der Waals surface area (Å²) in [4.78, 5) is 3.61. The van der Waals surface area contributed by atoms with Crippen molar-refractivity contribution in [3.05, 3.63) is 59.7 Å². The molecule has 0 radical (unpaired) electrons. The molecular weight excluding hydrogens is 402 g/mol. The molecule has 1 atom stereocenters. The summed E-state index contributed by atoms with van der Waals surface area (Å²) in [5.41, 5.74) is 1.05. The number of halogens is 4. The fourth-order valence-corrected chi connectivity index (χ4v) is 3.33. The minimum atomic E-state index is -4.56. The van der Waals surface area contributed by atoms with Crippen LogP contribution in [0.25, 0.3) is 5.69 Å².